The van der Waals surface area contributed by atoms with Crippen LogP contribution < -0.4 is 0 Å². The highest BCUT2D eigenvalue weighted by Gasteiger charge is 2.30. The summed E-state index contributed by atoms with van der Waals surface area (Å²) in [6, 6.07) is 17.8. The van der Waals surface area contributed by atoms with Gasteiger partial charge in [-0.25, -0.2) is 16.8 Å². The molecule has 2 aliphatic heterocycles. The summed E-state index contributed by atoms with van der Waals surface area (Å²) in [5.41, 5.74) is 4.82. The number of hydrogen-bond donors (Lipinski definition) is 6. The van der Waals surface area contributed by atoms with Gasteiger partial charge in [0.15, 0.2) is 44.3 Å². The SMILES string of the molecule is O=S(O)c1ccc(Cl)c(-c2c3nc(c(-c4c(Cl)ccc(S(=O)O)c4Cl)c4ccc([nH]4)c(-c4c(Cl)ccc(S(=O)O)c4Cl)c4nc(c(-c5c(Cl)ccc(S(=O)O)c5Cl)c5ccc2[nH]5)CC4)CC3)c1Cl. The van der Waals surface area contributed by atoms with Gasteiger partial charge in [0.25, 0.3) is 0 Å². The van der Waals surface area contributed by atoms with E-state index in [1.807, 2.05) is 0 Å². The Kier molecular flexibility index (Phi) is 14.4. The molecule has 4 unspecified atom stereocenters. The number of rotatable bonds is 8. The molecule has 7 aromatic rings. The minimum Gasteiger partial charge on any atom is -0.354 e. The minimum atomic E-state index is -2.55. The molecule has 9 rings (SSSR count). The standard InChI is InChI=1S/C44H26Cl8N4O8S4/c45-17-1-13-29(65(57)58)41(49)33(17)37-21-5-7-23(53-21)38(34-18(46)2-14-30(42(34)50)66(59)60)25-9-11-27(55-25)40(36-20(48)4-16-32(44(36)52)68(63)64)28-12-10-26(56-28)39(24-8-6-22(37)54-24)35-19(47)3-15-31(43(35)51)67(61)62/h1-5,7,10,12-16,53,56H,6,8-9,11H2,(H,57,58)(H,59,60)(H,61,62)(H,63,64). The van der Waals surface area contributed by atoms with E-state index in [0.29, 0.717) is 67.1 Å². The second kappa shape index (κ2) is 19.8. The Bertz CT molecular complexity index is 3170. The largest absolute Gasteiger partial charge is 0.354 e. The normalized spacial score (nSPS) is 14.5. The monoisotopic (exact) mass is 1150 g/mol. The molecule has 0 radical (unpaired) electrons. The van der Waals surface area contributed by atoms with Crippen molar-refractivity contribution in [3.05, 3.63) is 136 Å². The maximum absolute atomic E-state index is 12.6. The Morgan fingerprint density at radius 2 is 0.544 bits per heavy atom. The van der Waals surface area contributed by atoms with Crippen molar-refractivity contribution in [1.29, 1.82) is 0 Å². The van der Waals surface area contributed by atoms with Gasteiger partial charge >= 0.3 is 0 Å². The van der Waals surface area contributed by atoms with E-state index in [4.69, 9.17) is 103 Å². The fourth-order valence-corrected chi connectivity index (χ4v) is 13.2. The van der Waals surface area contributed by atoms with Crippen molar-refractivity contribution in [3.8, 4) is 44.5 Å². The zero-order chi connectivity index (χ0) is 48.6. The minimum absolute atomic E-state index is 0.102. The van der Waals surface area contributed by atoms with E-state index < -0.39 is 44.3 Å². The van der Waals surface area contributed by atoms with Crippen LogP contribution in [0.2, 0.25) is 40.2 Å². The third kappa shape index (κ3) is 8.82. The number of hydrogen-bond acceptors (Lipinski definition) is 6. The molecule has 68 heavy (non-hydrogen) atoms. The highest BCUT2D eigenvalue weighted by atomic mass is 35.5. The molecular formula is C44H26Cl8N4O8S4. The number of nitrogens with one attached hydrogen (secondary N) is 2. The third-order valence-electron chi connectivity index (χ3n) is 11.3. The zero-order valence-corrected chi connectivity index (χ0v) is 43.0. The molecule has 8 bridgehead atoms. The quantitative estimate of drug-likeness (QED) is 0.0794. The van der Waals surface area contributed by atoms with E-state index >= 15 is 0 Å². The molecule has 350 valence electrons. The smallest absolute Gasteiger partial charge is 0.188 e. The fourth-order valence-electron chi connectivity index (χ4n) is 8.45. The molecule has 6 N–H and O–H groups in total. The van der Waals surface area contributed by atoms with E-state index in [1.165, 1.54) is 48.5 Å². The van der Waals surface area contributed by atoms with Gasteiger partial charge in [0, 0.05) is 66.6 Å². The Morgan fingerprint density at radius 1 is 0.338 bits per heavy atom. The lowest BCUT2D eigenvalue weighted by Crippen LogP contribution is -1.97. The first kappa shape index (κ1) is 49.7. The van der Waals surface area contributed by atoms with E-state index in [-0.39, 0.29) is 108 Å². The first-order valence-corrected chi connectivity index (χ1v) is 26.9. The van der Waals surface area contributed by atoms with Crippen LogP contribution in [0.25, 0.3) is 66.6 Å². The number of aromatic amines is 2. The molecule has 0 amide bonds. The number of halogens is 8. The molecule has 0 saturated heterocycles. The molecule has 24 heteroatoms. The lowest BCUT2D eigenvalue weighted by molar-refractivity contribution is 0.563. The van der Waals surface area contributed by atoms with Crippen LogP contribution in [0.5, 0.6) is 0 Å². The molecule has 3 aromatic heterocycles. The van der Waals surface area contributed by atoms with Crippen molar-refractivity contribution in [3.63, 3.8) is 0 Å². The van der Waals surface area contributed by atoms with Crippen molar-refractivity contribution in [2.45, 2.75) is 45.3 Å². The lowest BCUT2D eigenvalue weighted by Gasteiger charge is -2.13. The summed E-state index contributed by atoms with van der Waals surface area (Å²) in [4.78, 5) is 16.7. The van der Waals surface area contributed by atoms with E-state index in [9.17, 15) is 35.0 Å². The first-order chi connectivity index (χ1) is 32.4. The molecule has 0 spiro atoms. The van der Waals surface area contributed by atoms with Crippen LogP contribution in [0.4, 0.5) is 0 Å². The van der Waals surface area contributed by atoms with Crippen LogP contribution in [0.3, 0.4) is 0 Å². The summed E-state index contributed by atoms with van der Waals surface area (Å²) < 4.78 is 91.8. The third-order valence-corrected chi connectivity index (χ3v) is 17.5. The molecule has 4 aromatic carbocycles. The number of aryl methyl sites for hydroxylation is 4. The lowest BCUT2D eigenvalue weighted by atomic mass is 10.00. The van der Waals surface area contributed by atoms with Gasteiger partial charge in [-0.2, -0.15) is 0 Å². The fraction of sp³-hybridized carbons (Fsp3) is 0.0909. The van der Waals surface area contributed by atoms with Crippen LogP contribution in [0.15, 0.2) is 92.4 Å². The van der Waals surface area contributed by atoms with Crippen molar-refractivity contribution < 1.29 is 35.0 Å². The summed E-state index contributed by atoms with van der Waals surface area (Å²) in [7, 11) is 0. The Hall–Kier alpha value is -3.24. The number of aromatic nitrogens is 4. The topological polar surface area (TPSA) is 207 Å². The number of benzene rings is 4. The Balaban J connectivity index is 1.57. The highest BCUT2D eigenvalue weighted by Crippen LogP contribution is 2.48. The molecule has 4 atom stereocenters. The van der Waals surface area contributed by atoms with Crippen molar-refractivity contribution >= 4 is 159 Å². The summed E-state index contributed by atoms with van der Waals surface area (Å²) in [6.45, 7) is 0. The number of nitrogens with zero attached hydrogens (tertiary/aromatic N) is 2. The predicted octanol–water partition coefficient (Wildman–Crippen LogP) is 14.1. The zero-order valence-electron chi connectivity index (χ0n) is 33.7. The highest BCUT2D eigenvalue weighted by molar-refractivity contribution is 7.80. The van der Waals surface area contributed by atoms with Crippen molar-refractivity contribution in [2.75, 3.05) is 0 Å². The summed E-state index contributed by atoms with van der Waals surface area (Å²) in [5, 5.41) is -0.147. The van der Waals surface area contributed by atoms with Crippen LogP contribution >= 0.6 is 92.8 Å². The number of fused-ring (bicyclic) bond motifs is 8. The van der Waals surface area contributed by atoms with Gasteiger partial charge in [0.05, 0.1) is 82.5 Å². The van der Waals surface area contributed by atoms with Gasteiger partial charge in [-0.1, -0.05) is 92.8 Å². The average Bonchev–Trinajstić information content (AvgIpc) is 4.12. The van der Waals surface area contributed by atoms with Gasteiger partial charge in [0.1, 0.15) is 0 Å². The first-order valence-electron chi connectivity index (χ1n) is 19.5. The second-order valence-corrected chi connectivity index (χ2v) is 21.9. The van der Waals surface area contributed by atoms with Gasteiger partial charge in [-0.15, -0.1) is 0 Å². The van der Waals surface area contributed by atoms with Gasteiger partial charge in [-0.05, 0) is 98.5 Å². The van der Waals surface area contributed by atoms with E-state index in [0.717, 1.165) is 0 Å². The molecule has 0 saturated carbocycles. The van der Waals surface area contributed by atoms with Crippen LogP contribution in [-0.4, -0.2) is 55.0 Å². The Morgan fingerprint density at radius 3 is 0.735 bits per heavy atom. The Labute approximate surface area is 435 Å². The van der Waals surface area contributed by atoms with E-state index in [1.54, 1.807) is 24.3 Å². The second-order valence-electron chi connectivity index (χ2n) is 15.0. The molecule has 0 fully saturated rings. The average molecular weight is 1150 g/mol. The molecule has 2 aliphatic rings. The van der Waals surface area contributed by atoms with E-state index in [2.05, 4.69) is 9.97 Å². The van der Waals surface area contributed by atoms with Gasteiger partial charge in [0.2, 0.25) is 0 Å². The number of H-pyrrole nitrogens is 2. The molecule has 5 heterocycles. The maximum Gasteiger partial charge on any atom is 0.188 e. The molecular weight excluding hydrogens is 1120 g/mol. The van der Waals surface area contributed by atoms with Gasteiger partial charge < -0.3 is 28.2 Å². The van der Waals surface area contributed by atoms with Crippen molar-refractivity contribution in [1.82, 2.24) is 19.9 Å². The summed E-state index contributed by atoms with van der Waals surface area (Å²) in [6.07, 6.45) is 0.805. The maximum atomic E-state index is 12.6. The molecule has 0 aliphatic carbocycles. The van der Waals surface area contributed by atoms with Crippen LogP contribution in [-0.2, 0) is 70.0 Å². The summed E-state index contributed by atoms with van der Waals surface area (Å²) >= 11 is 45.6. The summed E-state index contributed by atoms with van der Waals surface area (Å²) in [5.74, 6) is 0. The van der Waals surface area contributed by atoms with Crippen LogP contribution in [0.1, 0.15) is 22.8 Å². The molecule has 12 nitrogen and oxygen atoms in total. The predicted molar refractivity (Wildman–Crippen MR) is 274 cm³/mol. The van der Waals surface area contributed by atoms with Crippen LogP contribution in [0, 0.1) is 0 Å². The van der Waals surface area contributed by atoms with Gasteiger partial charge in [-0.3, -0.25) is 9.97 Å². The van der Waals surface area contributed by atoms with Crippen molar-refractivity contribution in [2.24, 2.45) is 0 Å².